The van der Waals surface area contributed by atoms with Crippen molar-refractivity contribution in [3.63, 3.8) is 0 Å². The quantitative estimate of drug-likeness (QED) is 0.616. The lowest BCUT2D eigenvalue weighted by Crippen LogP contribution is -2.56. The number of benzene rings is 1. The zero-order valence-electron chi connectivity index (χ0n) is 20.1. The molecule has 4 heteroatoms. The number of anilines is 1. The van der Waals surface area contributed by atoms with E-state index in [0.29, 0.717) is 17.8 Å². The van der Waals surface area contributed by atoms with Crippen LogP contribution in [0.3, 0.4) is 0 Å². The highest BCUT2D eigenvalue weighted by molar-refractivity contribution is 5.82. The van der Waals surface area contributed by atoms with Gasteiger partial charge in [-0.15, -0.1) is 0 Å². The van der Waals surface area contributed by atoms with E-state index >= 15 is 0 Å². The van der Waals surface area contributed by atoms with E-state index in [0.717, 1.165) is 55.1 Å². The van der Waals surface area contributed by atoms with Gasteiger partial charge in [-0.3, -0.25) is 4.79 Å². The number of carbonyl (C=O) groups excluding carboxylic acids is 1. The van der Waals surface area contributed by atoms with E-state index in [9.17, 15) is 4.79 Å². The summed E-state index contributed by atoms with van der Waals surface area (Å²) in [5.74, 6) is 3.90. The van der Waals surface area contributed by atoms with E-state index in [1.165, 1.54) is 56.2 Å². The van der Waals surface area contributed by atoms with Gasteiger partial charge in [0.15, 0.2) is 0 Å². The van der Waals surface area contributed by atoms with Gasteiger partial charge in [-0.25, -0.2) is 0 Å². The van der Waals surface area contributed by atoms with Crippen LogP contribution in [0.5, 0.6) is 0 Å². The second kappa shape index (κ2) is 8.30. The number of hydrogen-bond acceptors (Lipinski definition) is 3. The Balaban J connectivity index is 0.995. The second-order valence-corrected chi connectivity index (χ2v) is 12.2. The first-order valence-corrected chi connectivity index (χ1v) is 13.2. The minimum absolute atomic E-state index is 0.220. The minimum atomic E-state index is 0.220. The van der Waals surface area contributed by atoms with Crippen LogP contribution in [0.15, 0.2) is 36.4 Å². The maximum Gasteiger partial charge on any atom is 0.227 e. The van der Waals surface area contributed by atoms with Crippen LogP contribution >= 0.6 is 0 Å². The van der Waals surface area contributed by atoms with Gasteiger partial charge < -0.3 is 15.5 Å². The van der Waals surface area contributed by atoms with Crippen molar-refractivity contribution in [2.24, 2.45) is 29.1 Å². The number of carbonyl (C=O) groups is 1. The van der Waals surface area contributed by atoms with Crippen molar-refractivity contribution < 1.29 is 4.79 Å². The van der Waals surface area contributed by atoms with Crippen LogP contribution in [-0.2, 0) is 11.2 Å². The third-order valence-electron chi connectivity index (χ3n) is 9.28. The highest BCUT2D eigenvalue weighted by atomic mass is 16.2. The predicted octanol–water partition coefficient (Wildman–Crippen LogP) is 4.76. The maximum atomic E-state index is 12.9. The monoisotopic (exact) mass is 445 g/mol. The standard InChI is InChI=1S/C29H39N3O/c1-31(19-29-13-20-8-21(14-29)10-22(9-20)15-29)16-23-17-32(18-23)28(33)12-26-11-25(6-7-27(26)30)24-4-2-3-5-24/h2-4,6-7,11,20-23H,5,8-10,12-19,30H2,1H3. The van der Waals surface area contributed by atoms with Crippen LogP contribution in [0.2, 0.25) is 0 Å². The van der Waals surface area contributed by atoms with Gasteiger partial charge in [-0.1, -0.05) is 24.3 Å². The summed E-state index contributed by atoms with van der Waals surface area (Å²) in [5.41, 5.74) is 11.0. The van der Waals surface area contributed by atoms with E-state index in [1.54, 1.807) is 0 Å². The molecule has 2 N–H and O–H groups in total. The van der Waals surface area contributed by atoms with Gasteiger partial charge in [-0.05, 0) is 104 Å². The number of amides is 1. The van der Waals surface area contributed by atoms with Gasteiger partial charge in [0.25, 0.3) is 0 Å². The Morgan fingerprint density at radius 3 is 2.45 bits per heavy atom. The molecule has 5 fully saturated rings. The molecular weight excluding hydrogens is 406 g/mol. The van der Waals surface area contributed by atoms with E-state index in [1.807, 2.05) is 11.0 Å². The zero-order valence-corrected chi connectivity index (χ0v) is 20.1. The van der Waals surface area contributed by atoms with Crippen molar-refractivity contribution >= 4 is 17.2 Å². The van der Waals surface area contributed by atoms with Gasteiger partial charge in [-0.2, -0.15) is 0 Å². The summed E-state index contributed by atoms with van der Waals surface area (Å²) in [7, 11) is 2.32. The van der Waals surface area contributed by atoms with Crippen LogP contribution in [0.4, 0.5) is 5.69 Å². The normalized spacial score (nSPS) is 32.5. The number of nitrogen functional groups attached to an aromatic ring is 1. The van der Waals surface area contributed by atoms with Crippen LogP contribution < -0.4 is 5.73 Å². The Hall–Kier alpha value is -2.07. The number of allylic oxidation sites excluding steroid dienone is 4. The molecule has 33 heavy (non-hydrogen) atoms. The molecule has 0 aromatic heterocycles. The second-order valence-electron chi connectivity index (χ2n) is 12.2. The number of nitrogens with zero attached hydrogens (tertiary/aromatic N) is 2. The molecule has 176 valence electrons. The summed E-state index contributed by atoms with van der Waals surface area (Å²) >= 11 is 0. The molecule has 1 aromatic carbocycles. The Morgan fingerprint density at radius 2 is 1.82 bits per heavy atom. The Bertz CT molecular complexity index is 951. The Labute approximate surface area is 198 Å². The molecule has 0 atom stereocenters. The number of hydrogen-bond donors (Lipinski definition) is 1. The van der Waals surface area contributed by atoms with Crippen LogP contribution in [0.1, 0.15) is 56.1 Å². The van der Waals surface area contributed by atoms with Crippen LogP contribution in [0, 0.1) is 29.1 Å². The molecule has 0 unspecified atom stereocenters. The first-order chi connectivity index (χ1) is 15.9. The summed E-state index contributed by atoms with van der Waals surface area (Å²) in [6.45, 7) is 4.21. The third-order valence-corrected chi connectivity index (χ3v) is 9.28. The smallest absolute Gasteiger partial charge is 0.227 e. The molecule has 1 aliphatic heterocycles. The minimum Gasteiger partial charge on any atom is -0.398 e. The highest BCUT2D eigenvalue weighted by Crippen LogP contribution is 2.60. The van der Waals surface area contributed by atoms with Gasteiger partial charge >= 0.3 is 0 Å². The third kappa shape index (κ3) is 4.27. The van der Waals surface area contributed by atoms with Crippen molar-refractivity contribution in [2.75, 3.05) is 39.0 Å². The number of rotatable bonds is 7. The Morgan fingerprint density at radius 1 is 1.12 bits per heavy atom. The molecule has 1 aromatic rings. The average molecular weight is 446 g/mol. The molecule has 0 spiro atoms. The fourth-order valence-electron chi connectivity index (χ4n) is 8.35. The molecule has 1 heterocycles. The van der Waals surface area contributed by atoms with E-state index in [4.69, 9.17) is 5.73 Å². The first-order valence-electron chi connectivity index (χ1n) is 13.2. The topological polar surface area (TPSA) is 49.6 Å². The number of likely N-dealkylation sites (tertiary alicyclic amines) is 1. The van der Waals surface area contributed by atoms with Crippen molar-refractivity contribution in [1.82, 2.24) is 9.80 Å². The largest absolute Gasteiger partial charge is 0.398 e. The van der Waals surface area contributed by atoms with Crippen molar-refractivity contribution in [2.45, 2.75) is 51.4 Å². The average Bonchev–Trinajstić information content (AvgIpc) is 3.25. The zero-order chi connectivity index (χ0) is 22.6. The fourth-order valence-corrected chi connectivity index (χ4v) is 8.35. The summed E-state index contributed by atoms with van der Waals surface area (Å²) in [6.07, 6.45) is 16.8. The summed E-state index contributed by atoms with van der Waals surface area (Å²) in [4.78, 5) is 17.6. The fraction of sp³-hybridized carbons (Fsp3) is 0.621. The van der Waals surface area contributed by atoms with Gasteiger partial charge in [0, 0.05) is 37.8 Å². The van der Waals surface area contributed by atoms with E-state index in [2.05, 4.69) is 42.3 Å². The van der Waals surface area contributed by atoms with Gasteiger partial charge in [0.05, 0.1) is 6.42 Å². The molecular formula is C29H39N3O. The summed E-state index contributed by atoms with van der Waals surface area (Å²) in [5, 5.41) is 0. The van der Waals surface area contributed by atoms with Gasteiger partial charge in [0.1, 0.15) is 0 Å². The summed E-state index contributed by atoms with van der Waals surface area (Å²) in [6, 6.07) is 6.14. The van der Waals surface area contributed by atoms with Crippen molar-refractivity contribution in [3.8, 4) is 0 Å². The lowest BCUT2D eigenvalue weighted by Gasteiger charge is -2.58. The molecule has 0 radical (unpaired) electrons. The molecule has 4 saturated carbocycles. The van der Waals surface area contributed by atoms with Crippen LogP contribution in [-0.4, -0.2) is 48.9 Å². The molecule has 5 aliphatic carbocycles. The van der Waals surface area contributed by atoms with Crippen molar-refractivity contribution in [3.05, 3.63) is 47.6 Å². The highest BCUT2D eigenvalue weighted by Gasteiger charge is 2.51. The molecule has 7 rings (SSSR count). The Kier molecular flexibility index (Phi) is 5.40. The maximum absolute atomic E-state index is 12.9. The van der Waals surface area contributed by atoms with E-state index < -0.39 is 0 Å². The van der Waals surface area contributed by atoms with E-state index in [-0.39, 0.29) is 5.91 Å². The lowest BCUT2D eigenvalue weighted by atomic mass is 9.49. The summed E-state index contributed by atoms with van der Waals surface area (Å²) < 4.78 is 0. The van der Waals surface area contributed by atoms with Crippen LogP contribution in [0.25, 0.3) is 5.57 Å². The lowest BCUT2D eigenvalue weighted by molar-refractivity contribution is -0.137. The first kappa shape index (κ1) is 21.5. The molecule has 1 amide bonds. The molecule has 6 aliphatic rings. The molecule has 4 bridgehead atoms. The predicted molar refractivity (Wildman–Crippen MR) is 134 cm³/mol. The molecule has 4 nitrogen and oxygen atoms in total. The molecule has 1 saturated heterocycles. The SMILES string of the molecule is CN(CC1CN(C(=O)Cc2cc(C3=CC=CC3)ccc2N)C1)CC12CC3CC(CC(C3)C1)C2. The van der Waals surface area contributed by atoms with Crippen molar-refractivity contribution in [1.29, 1.82) is 0 Å². The van der Waals surface area contributed by atoms with Gasteiger partial charge in [0.2, 0.25) is 5.91 Å². The number of nitrogens with two attached hydrogens (primary N) is 1.